The lowest BCUT2D eigenvalue weighted by molar-refractivity contribution is -0.137. The first-order valence-corrected chi connectivity index (χ1v) is 5.34. The van der Waals surface area contributed by atoms with E-state index in [1.165, 1.54) is 12.2 Å². The molecule has 0 aromatic rings. The molecule has 0 aliphatic rings. The van der Waals surface area contributed by atoms with E-state index in [1.807, 2.05) is 6.92 Å². The maximum atomic E-state index is 11.2. The third-order valence-corrected chi connectivity index (χ3v) is 1.75. The van der Waals surface area contributed by atoms with Gasteiger partial charge < -0.3 is 4.74 Å². The Bertz CT molecular complexity index is 298. The van der Waals surface area contributed by atoms with Gasteiger partial charge in [0.1, 0.15) is 6.29 Å². The normalized spacial score (nSPS) is 12.2. The van der Waals surface area contributed by atoms with Crippen LogP contribution in [0.15, 0.2) is 36.0 Å². The molecule has 0 bridgehead atoms. The molecule has 0 amide bonds. The van der Waals surface area contributed by atoms with Crippen LogP contribution in [0, 0.1) is 0 Å². The number of allylic oxidation sites excluding steroid dienone is 5. The second-order valence-electron chi connectivity index (χ2n) is 3.29. The van der Waals surface area contributed by atoms with Gasteiger partial charge in [0.05, 0.1) is 6.61 Å². The Morgan fingerprint density at radius 3 is 2.62 bits per heavy atom. The highest BCUT2D eigenvalue weighted by molar-refractivity contribution is 5.83. The van der Waals surface area contributed by atoms with Crippen molar-refractivity contribution in [2.45, 2.75) is 26.7 Å². The molecule has 0 saturated carbocycles. The second-order valence-corrected chi connectivity index (χ2v) is 3.29. The van der Waals surface area contributed by atoms with Crippen molar-refractivity contribution in [3.8, 4) is 0 Å². The number of hydrogen-bond donors (Lipinski definition) is 0. The van der Waals surface area contributed by atoms with Gasteiger partial charge >= 0.3 is 5.97 Å². The number of ether oxygens (including phenoxy) is 1. The van der Waals surface area contributed by atoms with Gasteiger partial charge in [-0.25, -0.2) is 4.79 Å². The van der Waals surface area contributed by atoms with E-state index >= 15 is 0 Å². The summed E-state index contributed by atoms with van der Waals surface area (Å²) in [5, 5.41) is 0. The van der Waals surface area contributed by atoms with Crippen molar-refractivity contribution in [1.29, 1.82) is 0 Å². The van der Waals surface area contributed by atoms with Crippen molar-refractivity contribution >= 4 is 12.3 Å². The average molecular weight is 222 g/mol. The molecular weight excluding hydrogens is 204 g/mol. The lowest BCUT2D eigenvalue weighted by Crippen LogP contribution is -2.02. The summed E-state index contributed by atoms with van der Waals surface area (Å²) in [6.45, 7) is 4.30. The highest BCUT2D eigenvalue weighted by Crippen LogP contribution is 1.97. The van der Waals surface area contributed by atoms with Gasteiger partial charge in [-0.2, -0.15) is 0 Å². The number of carbonyl (C=O) groups excluding carboxylic acids is 2. The maximum Gasteiger partial charge on any atom is 0.331 e. The Kier molecular flexibility index (Phi) is 8.88. The summed E-state index contributed by atoms with van der Waals surface area (Å²) in [5.74, 6) is -0.324. The standard InChI is InChI=1S/C13H18O3/c1-3-4-10-16-13(15)11-12(2)8-6-5-7-9-14/h5-9,11H,3-4,10H2,1-2H3. The smallest absolute Gasteiger partial charge is 0.331 e. The molecule has 0 atom stereocenters. The van der Waals surface area contributed by atoms with E-state index in [0.717, 1.165) is 18.4 Å². The lowest BCUT2D eigenvalue weighted by atomic mass is 10.2. The van der Waals surface area contributed by atoms with E-state index in [0.29, 0.717) is 12.9 Å². The molecule has 0 aromatic heterocycles. The van der Waals surface area contributed by atoms with Crippen LogP contribution >= 0.6 is 0 Å². The van der Waals surface area contributed by atoms with Crippen molar-refractivity contribution in [2.24, 2.45) is 0 Å². The fourth-order valence-corrected chi connectivity index (χ4v) is 0.910. The third kappa shape index (κ3) is 8.94. The number of hydrogen-bond acceptors (Lipinski definition) is 3. The summed E-state index contributed by atoms with van der Waals surface area (Å²) in [7, 11) is 0. The summed E-state index contributed by atoms with van der Waals surface area (Å²) >= 11 is 0. The highest BCUT2D eigenvalue weighted by atomic mass is 16.5. The number of unbranched alkanes of at least 4 members (excludes halogenated alkanes) is 1. The second kappa shape index (κ2) is 9.90. The molecular formula is C13H18O3. The van der Waals surface area contributed by atoms with E-state index in [4.69, 9.17) is 4.74 Å². The molecule has 16 heavy (non-hydrogen) atoms. The molecule has 0 rings (SSSR count). The van der Waals surface area contributed by atoms with Gasteiger partial charge in [0.25, 0.3) is 0 Å². The molecule has 0 N–H and O–H groups in total. The Morgan fingerprint density at radius 2 is 2.00 bits per heavy atom. The third-order valence-electron chi connectivity index (χ3n) is 1.75. The van der Waals surface area contributed by atoms with Crippen LogP contribution in [0.1, 0.15) is 26.7 Å². The van der Waals surface area contributed by atoms with E-state index in [1.54, 1.807) is 25.2 Å². The molecule has 0 saturated heterocycles. The molecule has 3 nitrogen and oxygen atoms in total. The Balaban J connectivity index is 4.00. The predicted octanol–water partition coefficient (Wildman–Crippen LogP) is 2.59. The average Bonchev–Trinajstić information content (AvgIpc) is 2.25. The van der Waals surface area contributed by atoms with Crippen molar-refractivity contribution in [1.82, 2.24) is 0 Å². The van der Waals surface area contributed by atoms with Gasteiger partial charge in [-0.15, -0.1) is 0 Å². The van der Waals surface area contributed by atoms with Crippen molar-refractivity contribution in [3.63, 3.8) is 0 Å². The minimum absolute atomic E-state index is 0.324. The molecule has 3 heteroatoms. The molecule has 0 aliphatic carbocycles. The largest absolute Gasteiger partial charge is 0.463 e. The topological polar surface area (TPSA) is 43.4 Å². The van der Waals surface area contributed by atoms with E-state index in [2.05, 4.69) is 0 Å². The van der Waals surface area contributed by atoms with Crippen LogP contribution < -0.4 is 0 Å². The summed E-state index contributed by atoms with van der Waals surface area (Å²) in [4.78, 5) is 21.2. The first kappa shape index (κ1) is 14.4. The number of esters is 1. The van der Waals surface area contributed by atoms with Crippen LogP contribution in [-0.2, 0) is 14.3 Å². The van der Waals surface area contributed by atoms with Gasteiger partial charge in [0.15, 0.2) is 0 Å². The quantitative estimate of drug-likeness (QED) is 0.219. The van der Waals surface area contributed by atoms with E-state index in [-0.39, 0.29) is 5.97 Å². The van der Waals surface area contributed by atoms with Crippen LogP contribution in [0.4, 0.5) is 0 Å². The Hall–Kier alpha value is -1.64. The molecule has 0 unspecified atom stereocenters. The molecule has 0 fully saturated rings. The Morgan fingerprint density at radius 1 is 1.25 bits per heavy atom. The van der Waals surface area contributed by atoms with Crippen LogP contribution in [0.5, 0.6) is 0 Å². The molecule has 0 radical (unpaired) electrons. The van der Waals surface area contributed by atoms with Gasteiger partial charge in [-0.05, 0) is 25.0 Å². The SMILES string of the molecule is CCCCOC(=O)C=C(C)C=CC=CC=O. The molecule has 0 aromatic carbocycles. The van der Waals surface area contributed by atoms with Crippen LogP contribution in [0.2, 0.25) is 0 Å². The van der Waals surface area contributed by atoms with E-state index < -0.39 is 0 Å². The summed E-state index contributed by atoms with van der Waals surface area (Å²) < 4.78 is 4.96. The zero-order chi connectivity index (χ0) is 12.2. The zero-order valence-corrected chi connectivity index (χ0v) is 9.81. The van der Waals surface area contributed by atoms with Crippen molar-refractivity contribution < 1.29 is 14.3 Å². The summed E-state index contributed by atoms with van der Waals surface area (Å²) in [6.07, 6.45) is 10.4. The summed E-state index contributed by atoms with van der Waals surface area (Å²) in [5.41, 5.74) is 0.789. The minimum Gasteiger partial charge on any atom is -0.463 e. The summed E-state index contributed by atoms with van der Waals surface area (Å²) in [6, 6.07) is 0. The zero-order valence-electron chi connectivity index (χ0n) is 9.81. The number of aldehydes is 1. The monoisotopic (exact) mass is 222 g/mol. The van der Waals surface area contributed by atoms with E-state index in [9.17, 15) is 9.59 Å². The number of carbonyl (C=O) groups is 2. The first-order chi connectivity index (χ1) is 7.70. The molecule has 88 valence electrons. The number of rotatable bonds is 7. The fraction of sp³-hybridized carbons (Fsp3) is 0.385. The molecule has 0 aliphatic heterocycles. The van der Waals surface area contributed by atoms with Crippen molar-refractivity contribution in [3.05, 3.63) is 36.0 Å². The Labute approximate surface area is 96.5 Å². The van der Waals surface area contributed by atoms with Crippen LogP contribution in [0.25, 0.3) is 0 Å². The molecule has 0 heterocycles. The molecule has 0 spiro atoms. The predicted molar refractivity (Wildman–Crippen MR) is 64.0 cm³/mol. The van der Waals surface area contributed by atoms with Crippen LogP contribution in [0.3, 0.4) is 0 Å². The fourth-order valence-electron chi connectivity index (χ4n) is 0.910. The van der Waals surface area contributed by atoms with Gasteiger partial charge in [-0.3, -0.25) is 4.79 Å². The lowest BCUT2D eigenvalue weighted by Gasteiger charge is -1.99. The highest BCUT2D eigenvalue weighted by Gasteiger charge is 1.96. The minimum atomic E-state index is -0.324. The van der Waals surface area contributed by atoms with Gasteiger partial charge in [0.2, 0.25) is 0 Å². The van der Waals surface area contributed by atoms with Crippen molar-refractivity contribution in [2.75, 3.05) is 6.61 Å². The maximum absolute atomic E-state index is 11.2. The van der Waals surface area contributed by atoms with Gasteiger partial charge in [-0.1, -0.05) is 31.6 Å². The first-order valence-electron chi connectivity index (χ1n) is 5.34. The van der Waals surface area contributed by atoms with Gasteiger partial charge in [0, 0.05) is 6.08 Å². The van der Waals surface area contributed by atoms with Crippen LogP contribution in [-0.4, -0.2) is 18.9 Å².